The highest BCUT2D eigenvalue weighted by Gasteiger charge is 2.26. The van der Waals surface area contributed by atoms with Crippen LogP contribution in [0.2, 0.25) is 0 Å². The van der Waals surface area contributed by atoms with Crippen molar-refractivity contribution in [1.82, 2.24) is 14.9 Å². The molecule has 0 bridgehead atoms. The summed E-state index contributed by atoms with van der Waals surface area (Å²) in [6.45, 7) is 4.39. The van der Waals surface area contributed by atoms with Crippen molar-refractivity contribution >= 4 is 0 Å². The maximum atomic E-state index is 14.0. The van der Waals surface area contributed by atoms with E-state index in [9.17, 15) is 4.39 Å². The lowest BCUT2D eigenvalue weighted by Crippen LogP contribution is -2.21. The molecular formula is C17H20FN3O. The van der Waals surface area contributed by atoms with Crippen molar-refractivity contribution in [2.45, 2.75) is 25.8 Å². The van der Waals surface area contributed by atoms with Crippen molar-refractivity contribution in [2.24, 2.45) is 0 Å². The monoisotopic (exact) mass is 301 g/mol. The van der Waals surface area contributed by atoms with Crippen LogP contribution in [-0.4, -0.2) is 35.1 Å². The summed E-state index contributed by atoms with van der Waals surface area (Å²) < 4.78 is 19.1. The van der Waals surface area contributed by atoms with E-state index >= 15 is 0 Å². The summed E-state index contributed by atoms with van der Waals surface area (Å²) >= 11 is 0. The Hall–Kier alpha value is -2.01. The van der Waals surface area contributed by atoms with Crippen molar-refractivity contribution in [3.05, 3.63) is 53.4 Å². The van der Waals surface area contributed by atoms with Crippen LogP contribution in [0.4, 0.5) is 4.39 Å². The van der Waals surface area contributed by atoms with Crippen LogP contribution < -0.4 is 4.74 Å². The molecule has 0 saturated carbocycles. The van der Waals surface area contributed by atoms with Crippen molar-refractivity contribution in [1.29, 1.82) is 0 Å². The van der Waals surface area contributed by atoms with Gasteiger partial charge in [0, 0.05) is 42.5 Å². The van der Waals surface area contributed by atoms with Crippen molar-refractivity contribution in [2.75, 3.05) is 20.2 Å². The van der Waals surface area contributed by atoms with Gasteiger partial charge >= 0.3 is 0 Å². The van der Waals surface area contributed by atoms with Crippen LogP contribution in [0.3, 0.4) is 0 Å². The lowest BCUT2D eigenvalue weighted by Gasteiger charge is -2.16. The van der Waals surface area contributed by atoms with Crippen molar-refractivity contribution in [3.8, 4) is 5.75 Å². The van der Waals surface area contributed by atoms with Crippen LogP contribution in [0.1, 0.15) is 29.4 Å². The number of aryl methyl sites for hydroxylation is 1. The Bertz CT molecular complexity index is 662. The summed E-state index contributed by atoms with van der Waals surface area (Å²) in [7, 11) is 1.54. The standard InChI is InChI=1S/C17H20FN3O/c1-12-5-7-19-17(20-12)14-6-8-21(11-14)10-13-3-4-15(22-2)9-16(13)18/h3-5,7,9,14H,6,8,10-11H2,1-2H3/t14-/m0/s1. The van der Waals surface area contributed by atoms with Crippen LogP contribution in [0, 0.1) is 12.7 Å². The van der Waals surface area contributed by atoms with Gasteiger partial charge in [0.05, 0.1) is 7.11 Å². The molecule has 0 spiro atoms. The molecule has 0 amide bonds. The molecule has 1 aliphatic rings. The van der Waals surface area contributed by atoms with Gasteiger partial charge in [-0.25, -0.2) is 14.4 Å². The van der Waals surface area contributed by atoms with Crippen LogP contribution in [0.15, 0.2) is 30.5 Å². The first-order valence-electron chi connectivity index (χ1n) is 7.50. The summed E-state index contributed by atoms with van der Waals surface area (Å²) in [5.74, 6) is 1.57. The van der Waals surface area contributed by atoms with Crippen molar-refractivity contribution in [3.63, 3.8) is 0 Å². The fourth-order valence-electron chi connectivity index (χ4n) is 2.88. The highest BCUT2D eigenvalue weighted by atomic mass is 19.1. The van der Waals surface area contributed by atoms with E-state index in [0.29, 0.717) is 23.8 Å². The zero-order valence-corrected chi connectivity index (χ0v) is 12.9. The molecule has 4 nitrogen and oxygen atoms in total. The molecule has 0 aliphatic carbocycles. The predicted molar refractivity (Wildman–Crippen MR) is 82.4 cm³/mol. The molecule has 1 aromatic carbocycles. The number of benzene rings is 1. The van der Waals surface area contributed by atoms with Gasteiger partial charge in [-0.15, -0.1) is 0 Å². The molecule has 1 aliphatic heterocycles. The van der Waals surface area contributed by atoms with Crippen LogP contribution in [-0.2, 0) is 6.54 Å². The third kappa shape index (κ3) is 3.25. The summed E-state index contributed by atoms with van der Waals surface area (Å²) in [5.41, 5.74) is 1.69. The Morgan fingerprint density at radius 3 is 2.95 bits per heavy atom. The second kappa shape index (κ2) is 6.40. The van der Waals surface area contributed by atoms with Crippen LogP contribution in [0.25, 0.3) is 0 Å². The van der Waals surface area contributed by atoms with E-state index in [0.717, 1.165) is 31.0 Å². The Morgan fingerprint density at radius 2 is 2.23 bits per heavy atom. The molecular weight excluding hydrogens is 281 g/mol. The first-order valence-corrected chi connectivity index (χ1v) is 7.50. The fraction of sp³-hybridized carbons (Fsp3) is 0.412. The summed E-state index contributed by atoms with van der Waals surface area (Å²) in [4.78, 5) is 11.1. The highest BCUT2D eigenvalue weighted by molar-refractivity contribution is 5.29. The Balaban J connectivity index is 1.66. The largest absolute Gasteiger partial charge is 0.497 e. The third-order valence-corrected chi connectivity index (χ3v) is 4.11. The zero-order valence-electron chi connectivity index (χ0n) is 12.9. The number of likely N-dealkylation sites (tertiary alicyclic amines) is 1. The number of rotatable bonds is 4. The average molecular weight is 301 g/mol. The number of aromatic nitrogens is 2. The molecule has 5 heteroatoms. The summed E-state index contributed by atoms with van der Waals surface area (Å²) in [5, 5.41) is 0. The summed E-state index contributed by atoms with van der Waals surface area (Å²) in [6, 6.07) is 6.94. The number of nitrogens with zero attached hydrogens (tertiary/aromatic N) is 3. The van der Waals surface area contributed by atoms with Gasteiger partial charge in [-0.05, 0) is 32.0 Å². The van der Waals surface area contributed by atoms with Crippen LogP contribution in [0.5, 0.6) is 5.75 Å². The average Bonchev–Trinajstić information content (AvgIpc) is 2.98. The first kappa shape index (κ1) is 14.9. The minimum absolute atomic E-state index is 0.213. The number of ether oxygens (including phenoxy) is 1. The SMILES string of the molecule is COc1ccc(CN2CC[C@H](c3nccc(C)n3)C2)c(F)c1. The third-order valence-electron chi connectivity index (χ3n) is 4.11. The minimum Gasteiger partial charge on any atom is -0.497 e. The predicted octanol–water partition coefficient (Wildman–Crippen LogP) is 2.92. The van der Waals surface area contributed by atoms with Gasteiger partial charge in [0.15, 0.2) is 0 Å². The zero-order chi connectivity index (χ0) is 15.5. The van der Waals surface area contributed by atoms with Crippen molar-refractivity contribution < 1.29 is 9.13 Å². The van der Waals surface area contributed by atoms with E-state index in [-0.39, 0.29) is 5.82 Å². The van der Waals surface area contributed by atoms with E-state index in [1.807, 2.05) is 19.2 Å². The first-order chi connectivity index (χ1) is 10.7. The second-order valence-electron chi connectivity index (χ2n) is 5.73. The van der Waals surface area contributed by atoms with Gasteiger partial charge in [0.1, 0.15) is 17.4 Å². The minimum atomic E-state index is -0.213. The van der Waals surface area contributed by atoms with E-state index in [4.69, 9.17) is 4.74 Å². The molecule has 2 aromatic rings. The molecule has 116 valence electrons. The number of hydrogen-bond donors (Lipinski definition) is 0. The smallest absolute Gasteiger partial charge is 0.132 e. The van der Waals surface area contributed by atoms with E-state index in [2.05, 4.69) is 14.9 Å². The summed E-state index contributed by atoms with van der Waals surface area (Å²) in [6.07, 6.45) is 2.82. The molecule has 2 heterocycles. The second-order valence-corrected chi connectivity index (χ2v) is 5.73. The lowest BCUT2D eigenvalue weighted by molar-refractivity contribution is 0.319. The normalized spacial score (nSPS) is 18.6. The van der Waals surface area contributed by atoms with E-state index in [1.54, 1.807) is 19.2 Å². The van der Waals surface area contributed by atoms with Gasteiger partial charge in [0.2, 0.25) is 0 Å². The number of hydrogen-bond acceptors (Lipinski definition) is 4. The maximum Gasteiger partial charge on any atom is 0.132 e. The Morgan fingerprint density at radius 1 is 1.36 bits per heavy atom. The Kier molecular flexibility index (Phi) is 4.34. The molecule has 1 saturated heterocycles. The molecule has 1 atom stereocenters. The molecule has 0 unspecified atom stereocenters. The molecule has 0 N–H and O–H groups in total. The molecule has 1 aromatic heterocycles. The van der Waals surface area contributed by atoms with Gasteiger partial charge in [0.25, 0.3) is 0 Å². The molecule has 1 fully saturated rings. The Labute approximate surface area is 130 Å². The fourth-order valence-corrected chi connectivity index (χ4v) is 2.88. The van der Waals surface area contributed by atoms with Gasteiger partial charge in [-0.3, -0.25) is 4.90 Å². The van der Waals surface area contributed by atoms with Gasteiger partial charge < -0.3 is 4.74 Å². The highest BCUT2D eigenvalue weighted by Crippen LogP contribution is 2.27. The quantitative estimate of drug-likeness (QED) is 0.870. The molecule has 22 heavy (non-hydrogen) atoms. The topological polar surface area (TPSA) is 38.2 Å². The lowest BCUT2D eigenvalue weighted by atomic mass is 10.1. The number of halogens is 1. The van der Waals surface area contributed by atoms with Crippen LogP contribution >= 0.6 is 0 Å². The molecule has 0 radical (unpaired) electrons. The molecule has 3 rings (SSSR count). The van der Waals surface area contributed by atoms with Gasteiger partial charge in [-0.2, -0.15) is 0 Å². The van der Waals surface area contributed by atoms with Gasteiger partial charge in [-0.1, -0.05) is 6.07 Å². The maximum absolute atomic E-state index is 14.0. The van der Waals surface area contributed by atoms with E-state index in [1.165, 1.54) is 6.07 Å². The number of methoxy groups -OCH3 is 1. The van der Waals surface area contributed by atoms with E-state index < -0.39 is 0 Å².